The fourth-order valence-electron chi connectivity index (χ4n) is 1.64. The zero-order valence-electron chi connectivity index (χ0n) is 10.8. The van der Waals surface area contributed by atoms with Crippen molar-refractivity contribution in [2.45, 2.75) is 11.6 Å². The summed E-state index contributed by atoms with van der Waals surface area (Å²) in [7, 11) is -1.99. The fourth-order valence-corrected chi connectivity index (χ4v) is 3.06. The first-order chi connectivity index (χ1) is 9.53. The van der Waals surface area contributed by atoms with Gasteiger partial charge in [-0.2, -0.15) is 0 Å². The number of aromatic nitrogens is 1. The Balaban J connectivity index is 2.17. The Morgan fingerprint density at radius 3 is 2.55 bits per heavy atom. The maximum absolute atomic E-state index is 12.2. The molecule has 20 heavy (non-hydrogen) atoms. The van der Waals surface area contributed by atoms with Crippen molar-refractivity contribution >= 4 is 31.6 Å². The zero-order chi connectivity index (χ0) is 14.6. The molecule has 0 saturated heterocycles. The number of anilines is 1. The van der Waals surface area contributed by atoms with Crippen LogP contribution in [0.1, 0.15) is 5.56 Å². The van der Waals surface area contributed by atoms with Crippen molar-refractivity contribution < 1.29 is 8.42 Å². The minimum atomic E-state index is -3.65. The summed E-state index contributed by atoms with van der Waals surface area (Å²) in [6.45, 7) is 0.218. The summed E-state index contributed by atoms with van der Waals surface area (Å²) < 4.78 is 27.9. The lowest BCUT2D eigenvalue weighted by atomic mass is 10.2. The third-order valence-electron chi connectivity index (χ3n) is 2.67. The number of hydrogen-bond acceptors (Lipinski definition) is 4. The first-order valence-corrected chi connectivity index (χ1v) is 8.17. The summed E-state index contributed by atoms with van der Waals surface area (Å²) in [5, 5.41) is 2.82. The highest BCUT2D eigenvalue weighted by molar-refractivity contribution is 9.10. The van der Waals surface area contributed by atoms with Gasteiger partial charge in [0, 0.05) is 24.3 Å². The van der Waals surface area contributed by atoms with Gasteiger partial charge in [0.1, 0.15) is 0 Å². The smallest absolute Gasteiger partial charge is 0.260 e. The summed E-state index contributed by atoms with van der Waals surface area (Å²) in [6.07, 6.45) is 1.45. The largest absolute Gasteiger partial charge is 0.386 e. The number of nitrogens with one attached hydrogen (secondary N) is 2. The summed E-state index contributed by atoms with van der Waals surface area (Å²) in [5.41, 5.74) is 1.34. The third-order valence-corrected chi connectivity index (χ3v) is 4.56. The molecule has 0 aliphatic carbocycles. The molecular formula is C13H14BrN3O2S. The maximum atomic E-state index is 12.2. The highest BCUT2D eigenvalue weighted by Gasteiger charge is 2.19. The molecule has 1 heterocycles. The Morgan fingerprint density at radius 1 is 1.20 bits per heavy atom. The van der Waals surface area contributed by atoms with Gasteiger partial charge in [0.05, 0.1) is 5.69 Å². The van der Waals surface area contributed by atoms with Crippen molar-refractivity contribution in [3.05, 3.63) is 52.6 Å². The van der Waals surface area contributed by atoms with Crippen molar-refractivity contribution in [2.75, 3.05) is 12.4 Å². The van der Waals surface area contributed by atoms with E-state index in [1.165, 1.54) is 6.20 Å². The number of nitrogens with zero attached hydrogens (tertiary/aromatic N) is 1. The van der Waals surface area contributed by atoms with Gasteiger partial charge in [0.2, 0.25) is 0 Å². The van der Waals surface area contributed by atoms with Gasteiger partial charge in [-0.3, -0.25) is 0 Å². The van der Waals surface area contributed by atoms with Gasteiger partial charge in [-0.05, 0) is 29.8 Å². The molecule has 1 aromatic heterocycles. The van der Waals surface area contributed by atoms with E-state index < -0.39 is 10.0 Å². The van der Waals surface area contributed by atoms with Crippen LogP contribution < -0.4 is 10.0 Å². The topological polar surface area (TPSA) is 71.1 Å². The van der Waals surface area contributed by atoms with E-state index in [2.05, 4.69) is 31.0 Å². The molecule has 0 spiro atoms. The minimum Gasteiger partial charge on any atom is -0.386 e. The molecule has 0 amide bonds. The molecule has 0 saturated carbocycles. The van der Waals surface area contributed by atoms with Crippen molar-refractivity contribution in [1.29, 1.82) is 0 Å². The van der Waals surface area contributed by atoms with Crippen LogP contribution in [0.4, 0.5) is 5.69 Å². The van der Waals surface area contributed by atoms with Gasteiger partial charge < -0.3 is 5.32 Å². The molecule has 106 valence electrons. The van der Waals surface area contributed by atoms with Crippen molar-refractivity contribution in [2.24, 2.45) is 0 Å². The number of hydrogen-bond donors (Lipinski definition) is 2. The number of rotatable bonds is 5. The molecule has 5 nitrogen and oxygen atoms in total. The van der Waals surface area contributed by atoms with Crippen molar-refractivity contribution in [3.8, 4) is 0 Å². The van der Waals surface area contributed by atoms with Crippen molar-refractivity contribution in [3.63, 3.8) is 0 Å². The lowest BCUT2D eigenvalue weighted by Crippen LogP contribution is -2.25. The van der Waals surface area contributed by atoms with Crippen molar-refractivity contribution in [1.82, 2.24) is 9.71 Å². The average Bonchev–Trinajstić information content (AvgIpc) is 2.46. The molecule has 0 bridgehead atoms. The van der Waals surface area contributed by atoms with E-state index >= 15 is 0 Å². The number of halogens is 1. The third kappa shape index (κ3) is 3.56. The Labute approximate surface area is 126 Å². The molecular weight excluding hydrogens is 342 g/mol. The number of pyridine rings is 1. The summed E-state index contributed by atoms with van der Waals surface area (Å²) >= 11 is 3.33. The van der Waals surface area contributed by atoms with E-state index in [0.717, 1.165) is 10.0 Å². The number of benzene rings is 1. The van der Waals surface area contributed by atoms with Gasteiger partial charge >= 0.3 is 0 Å². The normalized spacial score (nSPS) is 11.3. The van der Waals surface area contributed by atoms with Gasteiger partial charge in [-0.25, -0.2) is 18.1 Å². The Hall–Kier alpha value is -1.44. The first kappa shape index (κ1) is 15.0. The quantitative estimate of drug-likeness (QED) is 0.863. The van der Waals surface area contributed by atoms with E-state index in [4.69, 9.17) is 0 Å². The molecule has 1 aromatic carbocycles. The van der Waals surface area contributed by atoms with E-state index in [0.29, 0.717) is 5.69 Å². The molecule has 2 aromatic rings. The standard InChI is InChI=1S/C13H14BrN3O2S/c1-15-12-3-2-8-16-13(12)20(18,19)17-9-10-4-6-11(14)7-5-10/h2-8,15,17H,9H2,1H3. The fraction of sp³-hybridized carbons (Fsp3) is 0.154. The summed E-state index contributed by atoms with van der Waals surface area (Å²) in [6, 6.07) is 10.8. The predicted molar refractivity (Wildman–Crippen MR) is 82.0 cm³/mol. The van der Waals surface area contributed by atoms with Crippen LogP contribution in [0.3, 0.4) is 0 Å². The van der Waals surface area contributed by atoms with Gasteiger partial charge in [-0.15, -0.1) is 0 Å². The highest BCUT2D eigenvalue weighted by Crippen LogP contribution is 2.17. The Morgan fingerprint density at radius 2 is 1.90 bits per heavy atom. The number of sulfonamides is 1. The minimum absolute atomic E-state index is 0.000360. The predicted octanol–water partition coefficient (Wildman–Crippen LogP) is 2.36. The maximum Gasteiger partial charge on any atom is 0.260 e. The lowest BCUT2D eigenvalue weighted by molar-refractivity contribution is 0.578. The van der Waals surface area contributed by atoms with Crippen LogP contribution in [0.2, 0.25) is 0 Å². The van der Waals surface area contributed by atoms with E-state index in [1.807, 2.05) is 24.3 Å². The molecule has 2 rings (SSSR count). The van der Waals surface area contributed by atoms with Crippen LogP contribution in [-0.4, -0.2) is 20.4 Å². The molecule has 7 heteroatoms. The average molecular weight is 356 g/mol. The summed E-state index contributed by atoms with van der Waals surface area (Å²) in [4.78, 5) is 3.93. The molecule has 0 fully saturated rings. The van der Waals surface area contributed by atoms with Crippen LogP contribution in [0, 0.1) is 0 Å². The molecule has 0 unspecified atom stereocenters. The van der Waals surface area contributed by atoms with Crippen LogP contribution in [0.25, 0.3) is 0 Å². The second-order valence-corrected chi connectivity index (χ2v) is 6.66. The van der Waals surface area contributed by atoms with Gasteiger partial charge in [0.25, 0.3) is 10.0 Å². The SMILES string of the molecule is CNc1cccnc1S(=O)(=O)NCc1ccc(Br)cc1. The molecule has 0 radical (unpaired) electrons. The van der Waals surface area contributed by atoms with Crippen LogP contribution >= 0.6 is 15.9 Å². The second kappa shape index (κ2) is 6.34. The molecule has 0 aliphatic rings. The van der Waals surface area contributed by atoms with Crippen LogP contribution in [0.15, 0.2) is 52.1 Å². The molecule has 0 atom stereocenters. The summed E-state index contributed by atoms with van der Waals surface area (Å²) in [5.74, 6) is 0. The van der Waals surface area contributed by atoms with E-state index in [9.17, 15) is 8.42 Å². The Bertz CT molecular complexity index is 687. The monoisotopic (exact) mass is 355 g/mol. The van der Waals surface area contributed by atoms with E-state index in [1.54, 1.807) is 19.2 Å². The van der Waals surface area contributed by atoms with Crippen LogP contribution in [-0.2, 0) is 16.6 Å². The van der Waals surface area contributed by atoms with Crippen LogP contribution in [0.5, 0.6) is 0 Å². The first-order valence-electron chi connectivity index (χ1n) is 5.90. The Kier molecular flexibility index (Phi) is 4.74. The highest BCUT2D eigenvalue weighted by atomic mass is 79.9. The lowest BCUT2D eigenvalue weighted by Gasteiger charge is -2.10. The molecule has 2 N–H and O–H groups in total. The zero-order valence-corrected chi connectivity index (χ0v) is 13.2. The van der Waals surface area contributed by atoms with Gasteiger partial charge in [-0.1, -0.05) is 28.1 Å². The molecule has 0 aliphatic heterocycles. The second-order valence-electron chi connectivity index (χ2n) is 4.06. The van der Waals surface area contributed by atoms with E-state index in [-0.39, 0.29) is 11.6 Å². The van der Waals surface area contributed by atoms with Gasteiger partial charge in [0.15, 0.2) is 5.03 Å².